The third kappa shape index (κ3) is 11.5. The number of rotatable bonds is 21. The predicted octanol–water partition coefficient (Wildman–Crippen LogP) is 8.65. The molecule has 0 saturated carbocycles. The molecule has 1 N–H and O–H groups in total. The zero-order valence-electron chi connectivity index (χ0n) is 37.7. The number of carbonyl (C=O) groups is 2. The molecule has 342 valence electrons. The molecule has 1 unspecified atom stereocenters. The van der Waals surface area contributed by atoms with Crippen molar-refractivity contribution in [1.82, 2.24) is 14.2 Å². The smallest absolute Gasteiger partial charge is 0.351 e. The maximum Gasteiger partial charge on any atom is 0.351 e. The van der Waals surface area contributed by atoms with Crippen LogP contribution in [0.4, 0.5) is 5.82 Å². The van der Waals surface area contributed by atoms with Gasteiger partial charge in [-0.1, -0.05) is 72.8 Å². The number of hydrogen-bond acceptors (Lipinski definition) is 13. The van der Waals surface area contributed by atoms with Crippen LogP contribution in [-0.2, 0) is 28.9 Å². The van der Waals surface area contributed by atoms with E-state index in [9.17, 15) is 19.6 Å². The highest BCUT2D eigenvalue weighted by Crippen LogP contribution is 2.51. The van der Waals surface area contributed by atoms with Crippen LogP contribution in [-0.4, -0.2) is 84.4 Å². The Balaban J connectivity index is 1.45. The fraction of sp³-hybridized carbons (Fsp3) is 0.367. The molecule has 1 amide bonds. The second-order valence-electron chi connectivity index (χ2n) is 15.6. The number of aromatic nitrogens is 2. The van der Waals surface area contributed by atoms with Crippen LogP contribution in [0.25, 0.3) is 0 Å². The Morgan fingerprint density at radius 1 is 0.892 bits per heavy atom. The quantitative estimate of drug-likeness (QED) is 0.0321. The summed E-state index contributed by atoms with van der Waals surface area (Å²) in [5.74, 6) is -0.290. The number of methoxy groups -OCH3 is 2. The summed E-state index contributed by atoms with van der Waals surface area (Å²) in [5.41, 5.74) is 0.547. The van der Waals surface area contributed by atoms with Crippen molar-refractivity contribution in [2.45, 2.75) is 83.6 Å². The number of anilines is 1. The Kier molecular flexibility index (Phi) is 17.0. The molecule has 15 nitrogen and oxygen atoms in total. The van der Waals surface area contributed by atoms with E-state index in [-0.39, 0.29) is 56.1 Å². The number of nitriles is 1. The van der Waals surface area contributed by atoms with Gasteiger partial charge in [0, 0.05) is 30.3 Å². The molecule has 1 saturated heterocycles. The largest absolute Gasteiger partial charge is 0.497 e. The van der Waals surface area contributed by atoms with Crippen LogP contribution in [0.1, 0.15) is 91.1 Å². The minimum atomic E-state index is -1.79. The SMILES string of the molecule is CCOC(=O)c1cn([C@H]2C[C@H](OP(OCCC#N)N(C(C)C)C(C)C)[C@@H](COC(c3ccccc3)(c3ccc(OC)cc3)c3ccc(OC)cc3)O2)c(=O)nc1NC(=O)c1ccccc1. The van der Waals surface area contributed by atoms with E-state index < -0.39 is 50.1 Å². The molecule has 65 heavy (non-hydrogen) atoms. The topological polar surface area (TPSA) is 173 Å². The summed E-state index contributed by atoms with van der Waals surface area (Å²) in [5, 5.41) is 12.1. The van der Waals surface area contributed by atoms with Gasteiger partial charge in [-0.15, -0.1) is 0 Å². The van der Waals surface area contributed by atoms with Gasteiger partial charge in [0.1, 0.15) is 35.0 Å². The number of nitrogens with one attached hydrogen (secondary N) is 1. The van der Waals surface area contributed by atoms with Gasteiger partial charge in [0.15, 0.2) is 5.82 Å². The summed E-state index contributed by atoms with van der Waals surface area (Å²) in [6.07, 6.45) is -1.10. The zero-order valence-corrected chi connectivity index (χ0v) is 38.6. The minimum absolute atomic E-state index is 0.00974. The Morgan fingerprint density at radius 2 is 1.46 bits per heavy atom. The summed E-state index contributed by atoms with van der Waals surface area (Å²) < 4.78 is 47.2. The van der Waals surface area contributed by atoms with E-state index in [1.165, 1.54) is 10.8 Å². The Morgan fingerprint density at radius 3 is 2.00 bits per heavy atom. The fourth-order valence-corrected chi connectivity index (χ4v) is 9.48. The van der Waals surface area contributed by atoms with E-state index in [1.54, 1.807) is 51.5 Å². The third-order valence-electron chi connectivity index (χ3n) is 10.7. The zero-order chi connectivity index (χ0) is 46.5. The second-order valence-corrected chi connectivity index (χ2v) is 17.0. The van der Waals surface area contributed by atoms with Gasteiger partial charge in [-0.25, -0.2) is 14.3 Å². The van der Waals surface area contributed by atoms with Crippen LogP contribution < -0.4 is 20.5 Å². The van der Waals surface area contributed by atoms with E-state index in [4.69, 9.17) is 32.7 Å². The molecule has 0 bridgehead atoms. The van der Waals surface area contributed by atoms with Gasteiger partial charge < -0.3 is 38.0 Å². The van der Waals surface area contributed by atoms with Gasteiger partial charge in [-0.05, 0) is 87.7 Å². The average molecular weight is 906 g/mol. The number of ether oxygens (including phenoxy) is 5. The van der Waals surface area contributed by atoms with Crippen molar-refractivity contribution in [2.24, 2.45) is 0 Å². The summed E-state index contributed by atoms with van der Waals surface area (Å²) in [6, 6.07) is 35.6. The maximum atomic E-state index is 14.1. The highest BCUT2D eigenvalue weighted by molar-refractivity contribution is 7.44. The van der Waals surface area contributed by atoms with Crippen LogP contribution in [0.3, 0.4) is 0 Å². The van der Waals surface area contributed by atoms with Gasteiger partial charge in [-0.2, -0.15) is 10.2 Å². The maximum absolute atomic E-state index is 14.1. The molecular weight excluding hydrogens is 850 g/mol. The first-order valence-electron chi connectivity index (χ1n) is 21.5. The predicted molar refractivity (Wildman–Crippen MR) is 246 cm³/mol. The Hall–Kier alpha value is -5.98. The molecule has 0 radical (unpaired) electrons. The van der Waals surface area contributed by atoms with Gasteiger partial charge in [-0.3, -0.25) is 9.36 Å². The van der Waals surface area contributed by atoms with E-state index in [0.29, 0.717) is 17.1 Å². The molecule has 2 heterocycles. The van der Waals surface area contributed by atoms with Gasteiger partial charge >= 0.3 is 11.7 Å². The number of carbonyl (C=O) groups excluding carboxylic acids is 2. The van der Waals surface area contributed by atoms with Crippen molar-refractivity contribution in [3.05, 3.63) is 154 Å². The monoisotopic (exact) mass is 905 g/mol. The highest BCUT2D eigenvalue weighted by atomic mass is 31.2. The lowest BCUT2D eigenvalue weighted by atomic mass is 9.80. The van der Waals surface area contributed by atoms with E-state index in [0.717, 1.165) is 16.7 Å². The number of esters is 1. The van der Waals surface area contributed by atoms with Crippen molar-refractivity contribution in [1.29, 1.82) is 5.26 Å². The van der Waals surface area contributed by atoms with Gasteiger partial charge in [0.25, 0.3) is 14.4 Å². The molecule has 1 aliphatic heterocycles. The summed E-state index contributed by atoms with van der Waals surface area (Å²) in [6.45, 7) is 9.90. The van der Waals surface area contributed by atoms with Crippen molar-refractivity contribution in [2.75, 3.05) is 39.4 Å². The normalized spacial score (nSPS) is 16.6. The lowest BCUT2D eigenvalue weighted by Crippen LogP contribution is -2.39. The Labute approximate surface area is 381 Å². The molecule has 1 fully saturated rings. The highest BCUT2D eigenvalue weighted by Gasteiger charge is 2.45. The lowest BCUT2D eigenvalue weighted by Gasteiger charge is -2.39. The van der Waals surface area contributed by atoms with Crippen LogP contribution in [0.2, 0.25) is 0 Å². The molecule has 16 heteroatoms. The molecular formula is C49H56N5O10P. The molecule has 6 rings (SSSR count). The molecule has 0 aliphatic carbocycles. The first-order valence-corrected chi connectivity index (χ1v) is 22.6. The van der Waals surface area contributed by atoms with E-state index >= 15 is 0 Å². The average Bonchev–Trinajstić information content (AvgIpc) is 3.71. The molecule has 0 spiro atoms. The minimum Gasteiger partial charge on any atom is -0.497 e. The molecule has 1 aromatic heterocycles. The summed E-state index contributed by atoms with van der Waals surface area (Å²) in [4.78, 5) is 45.0. The lowest BCUT2D eigenvalue weighted by molar-refractivity contribution is -0.0925. The standard InChI is InChI=1S/C49H56N5O10P/c1-8-60-47(56)41-31-53(48(57)52-45(41)51-46(55)35-16-11-9-12-17-35)44-30-42(64-65(62-29-15-28-50)54(33(2)3)34(4)5)43(63-44)32-61-49(36-18-13-10-14-19-36,37-20-24-39(58-6)25-21-37)38-22-26-40(59-7)27-23-38/h9-14,16-27,31,33-34,42-44H,8,15,29-30,32H2,1-7H3,(H,51,52,55,57)/t42-,43+,44+,65?/m0/s1. The number of benzene rings is 4. The number of hydrogen-bond donors (Lipinski definition) is 1. The van der Waals surface area contributed by atoms with Crippen molar-refractivity contribution >= 4 is 26.2 Å². The number of nitrogens with zero attached hydrogens (tertiary/aromatic N) is 4. The molecule has 4 aromatic carbocycles. The first-order chi connectivity index (χ1) is 31.4. The molecule has 5 aromatic rings. The van der Waals surface area contributed by atoms with Crippen LogP contribution in [0.15, 0.2) is 120 Å². The second kappa shape index (κ2) is 22.8. The van der Waals surface area contributed by atoms with E-state index in [1.807, 2.05) is 107 Å². The fourth-order valence-electron chi connectivity index (χ4n) is 7.72. The summed E-state index contributed by atoms with van der Waals surface area (Å²) >= 11 is 0. The van der Waals surface area contributed by atoms with Crippen LogP contribution in [0, 0.1) is 11.3 Å². The first kappa shape index (κ1) is 48.5. The van der Waals surface area contributed by atoms with Gasteiger partial charge in [0.2, 0.25) is 0 Å². The Bertz CT molecular complexity index is 2370. The third-order valence-corrected chi connectivity index (χ3v) is 12.9. The van der Waals surface area contributed by atoms with Crippen molar-refractivity contribution in [3.8, 4) is 17.6 Å². The van der Waals surface area contributed by atoms with Crippen molar-refractivity contribution < 1.29 is 42.3 Å². The molecule has 4 atom stereocenters. The van der Waals surface area contributed by atoms with Crippen molar-refractivity contribution in [3.63, 3.8) is 0 Å². The molecule has 1 aliphatic rings. The van der Waals surface area contributed by atoms with Gasteiger partial charge in [0.05, 0.1) is 52.6 Å². The number of amides is 1. The van der Waals surface area contributed by atoms with E-state index in [2.05, 4.69) is 21.0 Å². The summed E-state index contributed by atoms with van der Waals surface area (Å²) in [7, 11) is 1.42. The van der Waals surface area contributed by atoms with Crippen LogP contribution >= 0.6 is 8.53 Å². The van der Waals surface area contributed by atoms with Crippen LogP contribution in [0.5, 0.6) is 11.5 Å².